The zero-order valence-corrected chi connectivity index (χ0v) is 15.3. The minimum atomic E-state index is -0.0897. The lowest BCUT2D eigenvalue weighted by atomic mass is 10.1. The van der Waals surface area contributed by atoms with Crippen LogP contribution in [0.1, 0.15) is 17.5 Å². The van der Waals surface area contributed by atoms with Crippen molar-refractivity contribution in [2.24, 2.45) is 0 Å². The van der Waals surface area contributed by atoms with E-state index in [2.05, 4.69) is 33.2 Å². The van der Waals surface area contributed by atoms with Crippen LogP contribution in [0.5, 0.6) is 5.88 Å². The van der Waals surface area contributed by atoms with E-state index in [1.54, 1.807) is 11.1 Å². The van der Waals surface area contributed by atoms with E-state index in [1.807, 2.05) is 37.3 Å². The number of ether oxygens (including phenoxy) is 1. The Bertz CT molecular complexity index is 734. The van der Waals surface area contributed by atoms with Crippen molar-refractivity contribution in [1.82, 2.24) is 9.88 Å². The van der Waals surface area contributed by atoms with E-state index < -0.39 is 0 Å². The normalized spacial score (nSPS) is 17.0. The highest BCUT2D eigenvalue weighted by Crippen LogP contribution is 2.20. The molecule has 1 aromatic heterocycles. The summed E-state index contributed by atoms with van der Waals surface area (Å²) in [7, 11) is 0. The lowest BCUT2D eigenvalue weighted by Gasteiger charge is -2.18. The van der Waals surface area contributed by atoms with Gasteiger partial charge in [-0.15, -0.1) is 0 Å². The van der Waals surface area contributed by atoms with Crippen molar-refractivity contribution in [3.8, 4) is 5.88 Å². The van der Waals surface area contributed by atoms with E-state index in [-0.39, 0.29) is 12.1 Å². The Morgan fingerprint density at radius 3 is 2.83 bits per heavy atom. The van der Waals surface area contributed by atoms with E-state index in [1.165, 1.54) is 5.56 Å². The molecule has 5 nitrogen and oxygen atoms in total. The molecule has 24 heavy (non-hydrogen) atoms. The Labute approximate surface area is 150 Å². The number of hydrogen-bond acceptors (Lipinski definition) is 3. The lowest BCUT2D eigenvalue weighted by molar-refractivity contribution is 0.190. The summed E-state index contributed by atoms with van der Waals surface area (Å²) < 4.78 is 6.75. The Balaban J connectivity index is 1.55. The molecule has 2 amide bonds. The van der Waals surface area contributed by atoms with Gasteiger partial charge in [0.05, 0.1) is 6.54 Å². The van der Waals surface area contributed by atoms with E-state index in [9.17, 15) is 4.79 Å². The molecule has 1 atom stereocenters. The standard InChI is InChI=1S/C18H20BrN3O2/c1-12-3-5-15(9-13(12)2)21-18(23)22-8-7-16(11-22)24-17-6-4-14(19)10-20-17/h3-6,9-10,16H,7-8,11H2,1-2H3,(H,21,23). The first kappa shape index (κ1) is 16.8. The second kappa shape index (κ2) is 7.21. The van der Waals surface area contributed by atoms with Gasteiger partial charge in [0.1, 0.15) is 6.10 Å². The Morgan fingerprint density at radius 1 is 1.29 bits per heavy atom. The summed E-state index contributed by atoms with van der Waals surface area (Å²) in [5.41, 5.74) is 3.20. The zero-order chi connectivity index (χ0) is 17.1. The highest BCUT2D eigenvalue weighted by molar-refractivity contribution is 9.10. The fourth-order valence-corrected chi connectivity index (χ4v) is 2.87. The third-order valence-electron chi connectivity index (χ3n) is 4.18. The maximum Gasteiger partial charge on any atom is 0.321 e. The molecule has 3 rings (SSSR count). The van der Waals surface area contributed by atoms with Gasteiger partial charge in [0.25, 0.3) is 0 Å². The van der Waals surface area contributed by atoms with E-state index in [0.717, 1.165) is 22.1 Å². The van der Waals surface area contributed by atoms with Crippen molar-refractivity contribution < 1.29 is 9.53 Å². The van der Waals surface area contributed by atoms with Gasteiger partial charge in [0.15, 0.2) is 0 Å². The molecule has 2 aromatic rings. The molecule has 1 unspecified atom stereocenters. The third kappa shape index (κ3) is 4.06. The van der Waals surface area contributed by atoms with Crippen molar-refractivity contribution in [2.75, 3.05) is 18.4 Å². The smallest absolute Gasteiger partial charge is 0.321 e. The maximum atomic E-state index is 12.4. The predicted octanol–water partition coefficient (Wildman–Crippen LogP) is 4.15. The first-order valence-corrected chi connectivity index (χ1v) is 8.72. The number of carbonyl (C=O) groups excluding carboxylic acids is 1. The number of rotatable bonds is 3. The molecule has 0 saturated carbocycles. The van der Waals surface area contributed by atoms with Gasteiger partial charge < -0.3 is 15.0 Å². The van der Waals surface area contributed by atoms with Gasteiger partial charge in [-0.3, -0.25) is 0 Å². The fraction of sp³-hybridized carbons (Fsp3) is 0.333. The molecule has 0 spiro atoms. The number of halogens is 1. The molecule has 1 aliphatic rings. The van der Waals surface area contributed by atoms with Crippen LogP contribution >= 0.6 is 15.9 Å². The van der Waals surface area contributed by atoms with Crippen LogP contribution in [0.4, 0.5) is 10.5 Å². The summed E-state index contributed by atoms with van der Waals surface area (Å²) in [6.45, 7) is 5.34. The number of anilines is 1. The first-order valence-electron chi connectivity index (χ1n) is 7.92. The van der Waals surface area contributed by atoms with Crippen LogP contribution in [0.2, 0.25) is 0 Å². The Kier molecular flexibility index (Phi) is 5.04. The number of urea groups is 1. The van der Waals surface area contributed by atoms with Gasteiger partial charge >= 0.3 is 6.03 Å². The Hall–Kier alpha value is -2.08. The second-order valence-electron chi connectivity index (χ2n) is 6.02. The molecule has 2 heterocycles. The minimum Gasteiger partial charge on any atom is -0.472 e. The molecular weight excluding hydrogens is 370 g/mol. The molecule has 0 bridgehead atoms. The summed E-state index contributed by atoms with van der Waals surface area (Å²) in [6, 6.07) is 9.55. The number of hydrogen-bond donors (Lipinski definition) is 1. The van der Waals surface area contributed by atoms with Crippen LogP contribution in [0.25, 0.3) is 0 Å². The number of pyridine rings is 1. The second-order valence-corrected chi connectivity index (χ2v) is 6.93. The highest BCUT2D eigenvalue weighted by Gasteiger charge is 2.28. The molecule has 0 radical (unpaired) electrons. The van der Waals surface area contributed by atoms with Crippen LogP contribution in [0.15, 0.2) is 41.0 Å². The summed E-state index contributed by atoms with van der Waals surface area (Å²) >= 11 is 3.35. The largest absolute Gasteiger partial charge is 0.472 e. The molecule has 1 aromatic carbocycles. The molecule has 0 aliphatic carbocycles. The van der Waals surface area contributed by atoms with Crippen molar-refractivity contribution in [3.63, 3.8) is 0 Å². The van der Waals surface area contributed by atoms with Gasteiger partial charge in [-0.05, 0) is 59.1 Å². The van der Waals surface area contributed by atoms with E-state index in [4.69, 9.17) is 4.74 Å². The third-order valence-corrected chi connectivity index (χ3v) is 4.65. The molecule has 1 aliphatic heterocycles. The number of benzene rings is 1. The summed E-state index contributed by atoms with van der Waals surface area (Å²) in [5.74, 6) is 0.583. The number of likely N-dealkylation sites (tertiary alicyclic amines) is 1. The van der Waals surface area contributed by atoms with E-state index in [0.29, 0.717) is 19.0 Å². The number of aromatic nitrogens is 1. The van der Waals surface area contributed by atoms with Gasteiger partial charge in [0.2, 0.25) is 5.88 Å². The van der Waals surface area contributed by atoms with Crippen LogP contribution in [-0.2, 0) is 0 Å². The molecule has 126 valence electrons. The number of aryl methyl sites for hydroxylation is 2. The number of carbonyl (C=O) groups is 1. The van der Waals surface area contributed by atoms with Crippen LogP contribution in [0, 0.1) is 13.8 Å². The lowest BCUT2D eigenvalue weighted by Crippen LogP contribution is -2.34. The van der Waals surface area contributed by atoms with Gasteiger partial charge in [-0.2, -0.15) is 0 Å². The predicted molar refractivity (Wildman–Crippen MR) is 97.5 cm³/mol. The van der Waals surface area contributed by atoms with Gasteiger partial charge in [-0.25, -0.2) is 9.78 Å². The molecule has 1 saturated heterocycles. The van der Waals surface area contributed by atoms with Crippen molar-refractivity contribution >= 4 is 27.6 Å². The molecule has 6 heteroatoms. The quantitative estimate of drug-likeness (QED) is 0.857. The van der Waals surface area contributed by atoms with Gasteiger partial charge in [0, 0.05) is 35.4 Å². The van der Waals surface area contributed by atoms with Crippen molar-refractivity contribution in [3.05, 3.63) is 52.1 Å². The average Bonchev–Trinajstić information content (AvgIpc) is 3.02. The van der Waals surface area contributed by atoms with Crippen LogP contribution in [-0.4, -0.2) is 35.1 Å². The molecule has 1 N–H and O–H groups in total. The Morgan fingerprint density at radius 2 is 2.12 bits per heavy atom. The monoisotopic (exact) mass is 389 g/mol. The summed E-state index contributed by atoms with van der Waals surface area (Å²) in [4.78, 5) is 18.4. The molecule has 1 fully saturated rings. The highest BCUT2D eigenvalue weighted by atomic mass is 79.9. The number of nitrogens with one attached hydrogen (secondary N) is 1. The van der Waals surface area contributed by atoms with Crippen LogP contribution < -0.4 is 10.1 Å². The van der Waals surface area contributed by atoms with Crippen molar-refractivity contribution in [2.45, 2.75) is 26.4 Å². The molecular formula is C18H20BrN3O2. The fourth-order valence-electron chi connectivity index (χ4n) is 2.63. The number of nitrogens with zero attached hydrogens (tertiary/aromatic N) is 2. The van der Waals surface area contributed by atoms with E-state index >= 15 is 0 Å². The maximum absolute atomic E-state index is 12.4. The van der Waals surface area contributed by atoms with Gasteiger partial charge in [-0.1, -0.05) is 6.07 Å². The number of amides is 2. The summed E-state index contributed by atoms with van der Waals surface area (Å²) in [5, 5.41) is 2.95. The average molecular weight is 390 g/mol. The minimum absolute atomic E-state index is 0.0239. The van der Waals surface area contributed by atoms with Crippen molar-refractivity contribution in [1.29, 1.82) is 0 Å². The van der Waals surface area contributed by atoms with Crippen LogP contribution in [0.3, 0.4) is 0 Å². The topological polar surface area (TPSA) is 54.5 Å². The summed E-state index contributed by atoms with van der Waals surface area (Å²) in [6.07, 6.45) is 2.48. The zero-order valence-electron chi connectivity index (χ0n) is 13.8. The SMILES string of the molecule is Cc1ccc(NC(=O)N2CCC(Oc3ccc(Br)cn3)C2)cc1C. The first-order chi connectivity index (χ1) is 11.5.